The smallest absolute Gasteiger partial charge is 0.0741 e. The fourth-order valence-electron chi connectivity index (χ4n) is 4.39. The molecule has 0 spiro atoms. The van der Waals surface area contributed by atoms with Crippen molar-refractivity contribution in [2.45, 2.75) is 0 Å². The maximum Gasteiger partial charge on any atom is 0.0741 e. The third kappa shape index (κ3) is 5.94. The predicted octanol–water partition coefficient (Wildman–Crippen LogP) is 8.00. The first-order valence-electron chi connectivity index (χ1n) is 12.1. The molecule has 5 heteroatoms. The lowest BCUT2D eigenvalue weighted by Crippen LogP contribution is -2.23. The number of aliphatic imine (C=N–C) groups is 1. The third-order valence-corrected chi connectivity index (χ3v) is 13.7. The molecule has 0 N–H and O–H groups in total. The fourth-order valence-corrected chi connectivity index (χ4v) is 12.7. The van der Waals surface area contributed by atoms with E-state index in [1.54, 1.807) is 0 Å². The number of rotatable bonds is 8. The van der Waals surface area contributed by atoms with Crippen molar-refractivity contribution in [2.75, 3.05) is 5.90 Å². The van der Waals surface area contributed by atoms with E-state index >= 15 is 0 Å². The van der Waals surface area contributed by atoms with Gasteiger partial charge < -0.3 is 0 Å². The number of benzene rings is 5. The maximum atomic E-state index is 5.66. The van der Waals surface area contributed by atoms with Gasteiger partial charge in [-0.05, 0) is 65.6 Å². The average Bonchev–Trinajstić information content (AvgIpc) is 2.98. The van der Waals surface area contributed by atoms with E-state index in [0.29, 0.717) is 0 Å². The number of nitrogens with zero attached hydrogens (tertiary/aromatic N) is 2. The summed E-state index contributed by atoms with van der Waals surface area (Å²) in [5.74, 6) is 0.935. The minimum atomic E-state index is -2.25. The second-order valence-corrected chi connectivity index (χ2v) is 14.5. The van der Waals surface area contributed by atoms with Crippen molar-refractivity contribution >= 4 is 64.9 Å². The molecule has 0 amide bonds. The molecule has 0 radical (unpaired) electrons. The molecule has 0 aliphatic rings. The normalized spacial score (nSPS) is 11.1. The van der Waals surface area contributed by atoms with Gasteiger partial charge in [0.25, 0.3) is 0 Å². The van der Waals surface area contributed by atoms with Crippen molar-refractivity contribution < 1.29 is 0 Å². The molecule has 5 aromatic carbocycles. The van der Waals surface area contributed by atoms with Crippen LogP contribution >= 0.6 is 27.2 Å². The van der Waals surface area contributed by atoms with Gasteiger partial charge in [0.1, 0.15) is 0 Å². The molecule has 0 heterocycles. The van der Waals surface area contributed by atoms with E-state index in [1.165, 1.54) is 21.2 Å². The van der Waals surface area contributed by atoms with Crippen molar-refractivity contribution in [1.29, 1.82) is 0 Å². The summed E-state index contributed by atoms with van der Waals surface area (Å²) in [5, 5.41) is 7.74. The highest BCUT2D eigenvalue weighted by Gasteiger charge is 2.30. The van der Waals surface area contributed by atoms with Crippen molar-refractivity contribution in [1.82, 2.24) is 0 Å². The summed E-state index contributed by atoms with van der Waals surface area (Å²) in [7, 11) is -2.93. The lowest BCUT2D eigenvalue weighted by atomic mass is 10.3. The summed E-state index contributed by atoms with van der Waals surface area (Å²) in [5.41, 5.74) is 1.73. The fraction of sp³-hybridized carbons (Fsp3) is 0.0312. The van der Waals surface area contributed by atoms with Gasteiger partial charge in [-0.3, -0.25) is 4.74 Å². The molecule has 180 valence electrons. The Hall–Kier alpha value is -3.44. The van der Waals surface area contributed by atoms with Crippen LogP contribution in [-0.2, 0) is 0 Å². The highest BCUT2D eigenvalue weighted by molar-refractivity contribution is 7.92. The standard InChI is InChI=1S/C32H26N2P2S/c37-25-33-27-21-23-28(24-22-27)34-36(31-17-9-3-10-18-31,32-19-11-4-12-20-32)26-35(29-13-5-1-6-14-29)30-15-7-2-8-16-30/h1-24H,26H2. The summed E-state index contributed by atoms with van der Waals surface area (Å²) >= 11 is 4.79. The van der Waals surface area contributed by atoms with Crippen molar-refractivity contribution in [3.8, 4) is 0 Å². The maximum absolute atomic E-state index is 5.66. The molecular formula is C32H26N2P2S. The number of thiocarbonyl (C=S) groups is 1. The van der Waals surface area contributed by atoms with Crippen LogP contribution in [0.2, 0.25) is 0 Å². The Balaban J connectivity index is 1.78. The van der Waals surface area contributed by atoms with E-state index in [0.717, 1.165) is 17.3 Å². The molecule has 0 saturated heterocycles. The summed E-state index contributed by atoms with van der Waals surface area (Å²) in [4.78, 5) is 4.12. The molecule has 0 fully saturated rings. The Morgan fingerprint density at radius 3 is 1.38 bits per heavy atom. The van der Waals surface area contributed by atoms with Gasteiger partial charge in [0.15, 0.2) is 0 Å². The summed E-state index contributed by atoms with van der Waals surface area (Å²) < 4.78 is 5.66. The van der Waals surface area contributed by atoms with Crippen LogP contribution in [0.3, 0.4) is 0 Å². The Morgan fingerprint density at radius 1 is 0.541 bits per heavy atom. The van der Waals surface area contributed by atoms with Crippen LogP contribution in [0.1, 0.15) is 0 Å². The van der Waals surface area contributed by atoms with Crippen LogP contribution in [-0.4, -0.2) is 11.1 Å². The topological polar surface area (TPSA) is 24.7 Å². The summed E-state index contributed by atoms with van der Waals surface area (Å²) in [6.07, 6.45) is 0. The Kier molecular flexibility index (Phi) is 8.32. The van der Waals surface area contributed by atoms with E-state index < -0.39 is 15.0 Å². The van der Waals surface area contributed by atoms with Gasteiger partial charge in [-0.1, -0.05) is 121 Å². The largest absolute Gasteiger partial charge is 0.258 e. The number of hydrogen-bond donors (Lipinski definition) is 0. The van der Waals surface area contributed by atoms with Crippen LogP contribution in [0.15, 0.2) is 155 Å². The molecule has 0 aliphatic heterocycles. The Morgan fingerprint density at radius 2 is 0.946 bits per heavy atom. The first-order chi connectivity index (χ1) is 18.3. The van der Waals surface area contributed by atoms with Gasteiger partial charge in [-0.25, -0.2) is 0 Å². The van der Waals surface area contributed by atoms with E-state index in [9.17, 15) is 0 Å². The molecule has 0 aliphatic carbocycles. The molecule has 0 unspecified atom stereocenters. The van der Waals surface area contributed by atoms with Crippen molar-refractivity contribution in [3.05, 3.63) is 146 Å². The van der Waals surface area contributed by atoms with Crippen LogP contribution in [0.4, 0.5) is 11.4 Å². The molecule has 5 rings (SSSR count). The van der Waals surface area contributed by atoms with Crippen molar-refractivity contribution in [2.24, 2.45) is 9.74 Å². The molecule has 2 nitrogen and oxygen atoms in total. The predicted molar refractivity (Wildman–Crippen MR) is 166 cm³/mol. The second-order valence-electron chi connectivity index (χ2n) is 8.50. The highest BCUT2D eigenvalue weighted by Crippen LogP contribution is 2.58. The molecule has 0 aromatic heterocycles. The number of hydrogen-bond acceptors (Lipinski definition) is 3. The van der Waals surface area contributed by atoms with Gasteiger partial charge >= 0.3 is 0 Å². The quantitative estimate of drug-likeness (QED) is 0.113. The monoisotopic (exact) mass is 532 g/mol. The molecule has 0 atom stereocenters. The highest BCUT2D eigenvalue weighted by atomic mass is 32.1. The van der Waals surface area contributed by atoms with Gasteiger partial charge in [0.2, 0.25) is 0 Å². The average molecular weight is 533 g/mol. The summed E-state index contributed by atoms with van der Waals surface area (Å²) in [6, 6.07) is 51.5. The van der Waals surface area contributed by atoms with Crippen molar-refractivity contribution in [3.63, 3.8) is 0 Å². The van der Waals surface area contributed by atoms with Gasteiger partial charge in [-0.15, -0.1) is 0 Å². The lowest BCUT2D eigenvalue weighted by Gasteiger charge is -2.31. The SMILES string of the molecule is S=C=Nc1ccc(N=P(CP(c2ccccc2)c2ccccc2)(c2ccccc2)c2ccccc2)cc1. The minimum absolute atomic E-state index is 0.681. The molecular weight excluding hydrogens is 506 g/mol. The lowest BCUT2D eigenvalue weighted by molar-refractivity contribution is 1.50. The Bertz CT molecular complexity index is 1450. The zero-order valence-electron chi connectivity index (χ0n) is 20.3. The van der Waals surface area contributed by atoms with E-state index in [-0.39, 0.29) is 0 Å². The first-order valence-corrected chi connectivity index (χ1v) is 15.9. The minimum Gasteiger partial charge on any atom is -0.258 e. The molecule has 37 heavy (non-hydrogen) atoms. The van der Waals surface area contributed by atoms with Crippen LogP contribution < -0.4 is 21.2 Å². The third-order valence-electron chi connectivity index (χ3n) is 6.16. The zero-order valence-corrected chi connectivity index (χ0v) is 22.9. The van der Waals surface area contributed by atoms with Crippen LogP contribution in [0.25, 0.3) is 0 Å². The molecule has 0 saturated carbocycles. The molecule has 5 aromatic rings. The zero-order chi connectivity index (χ0) is 25.3. The van der Waals surface area contributed by atoms with E-state index in [1.807, 2.05) is 24.3 Å². The van der Waals surface area contributed by atoms with Gasteiger partial charge in [0.05, 0.1) is 16.5 Å². The van der Waals surface area contributed by atoms with E-state index in [2.05, 4.69) is 131 Å². The first kappa shape index (κ1) is 25.2. The van der Waals surface area contributed by atoms with Gasteiger partial charge in [-0.2, -0.15) is 4.99 Å². The second kappa shape index (κ2) is 12.2. The number of isothiocyanates is 1. The van der Waals surface area contributed by atoms with Crippen LogP contribution in [0.5, 0.6) is 0 Å². The van der Waals surface area contributed by atoms with Gasteiger partial charge in [0, 0.05) is 13.0 Å². The van der Waals surface area contributed by atoms with Crippen LogP contribution in [0, 0.1) is 0 Å². The molecule has 0 bridgehead atoms. The Labute approximate surface area is 225 Å². The summed E-state index contributed by atoms with van der Waals surface area (Å²) in [6.45, 7) is 0. The van der Waals surface area contributed by atoms with E-state index in [4.69, 9.17) is 17.0 Å².